The largest absolute Gasteiger partial charge is 0.481 e. The van der Waals surface area contributed by atoms with Gasteiger partial charge in [0, 0.05) is 7.05 Å². The Morgan fingerprint density at radius 2 is 1.90 bits per heavy atom. The summed E-state index contributed by atoms with van der Waals surface area (Å²) in [7, 11) is 1.45. The van der Waals surface area contributed by atoms with E-state index in [1.54, 1.807) is 6.92 Å². The number of amides is 1. The zero-order valence-electron chi connectivity index (χ0n) is 13.2. The first-order valence-corrected chi connectivity index (χ1v) is 6.96. The number of carboxylic acids is 1. The Balaban J connectivity index is 2.82. The molecule has 0 saturated heterocycles. The number of hydrogen-bond donors (Lipinski definition) is 1. The molecule has 1 atom stereocenters. The van der Waals surface area contributed by atoms with Crippen molar-refractivity contribution in [3.05, 3.63) is 29.3 Å². The minimum Gasteiger partial charge on any atom is -0.481 e. The first kappa shape index (κ1) is 17.0. The number of carbonyl (C=O) groups excluding carboxylic acids is 1. The van der Waals surface area contributed by atoms with Crippen LogP contribution in [0, 0.1) is 6.92 Å². The fourth-order valence-corrected chi connectivity index (χ4v) is 1.93. The molecule has 21 heavy (non-hydrogen) atoms. The summed E-state index contributed by atoms with van der Waals surface area (Å²) in [4.78, 5) is 23.8. The van der Waals surface area contributed by atoms with Crippen LogP contribution in [0.15, 0.2) is 18.2 Å². The average Bonchev–Trinajstić information content (AvgIpc) is 2.39. The molecule has 116 valence electrons. The molecule has 0 heterocycles. The SMILES string of the molecule is Cc1ccc(C(C)C)cc1OC(C)C(=O)N(C)CC(=O)O. The Labute approximate surface area is 125 Å². The summed E-state index contributed by atoms with van der Waals surface area (Å²) in [6.45, 7) is 7.38. The van der Waals surface area contributed by atoms with Crippen LogP contribution in [0.1, 0.15) is 37.8 Å². The second-order valence-electron chi connectivity index (χ2n) is 5.53. The molecule has 1 N–H and O–H groups in total. The molecule has 0 aliphatic rings. The van der Waals surface area contributed by atoms with E-state index in [4.69, 9.17) is 9.84 Å². The van der Waals surface area contributed by atoms with Gasteiger partial charge in [-0.1, -0.05) is 26.0 Å². The Hall–Kier alpha value is -2.04. The van der Waals surface area contributed by atoms with Crippen LogP contribution in [0.5, 0.6) is 5.75 Å². The number of aliphatic carboxylic acids is 1. The first-order valence-electron chi connectivity index (χ1n) is 6.96. The number of rotatable bonds is 6. The van der Waals surface area contributed by atoms with Crippen LogP contribution >= 0.6 is 0 Å². The van der Waals surface area contributed by atoms with Crippen LogP contribution in [-0.2, 0) is 9.59 Å². The van der Waals surface area contributed by atoms with E-state index in [0.29, 0.717) is 11.7 Å². The van der Waals surface area contributed by atoms with Crippen LogP contribution < -0.4 is 4.74 Å². The number of ether oxygens (including phenoxy) is 1. The summed E-state index contributed by atoms with van der Waals surface area (Å²) in [5.41, 5.74) is 2.08. The highest BCUT2D eigenvalue weighted by Crippen LogP contribution is 2.25. The van der Waals surface area contributed by atoms with E-state index in [-0.39, 0.29) is 12.5 Å². The van der Waals surface area contributed by atoms with Gasteiger partial charge in [0.1, 0.15) is 12.3 Å². The second kappa shape index (κ2) is 7.11. The van der Waals surface area contributed by atoms with Gasteiger partial charge in [0.25, 0.3) is 5.91 Å². The highest BCUT2D eigenvalue weighted by molar-refractivity contribution is 5.84. The van der Waals surface area contributed by atoms with Crippen LogP contribution in [0.4, 0.5) is 0 Å². The topological polar surface area (TPSA) is 66.8 Å². The van der Waals surface area contributed by atoms with Crippen molar-refractivity contribution in [1.29, 1.82) is 0 Å². The number of nitrogens with zero attached hydrogens (tertiary/aromatic N) is 1. The maximum Gasteiger partial charge on any atom is 0.323 e. The van der Waals surface area contributed by atoms with Gasteiger partial charge in [-0.25, -0.2) is 0 Å². The summed E-state index contributed by atoms with van der Waals surface area (Å²) >= 11 is 0. The minimum absolute atomic E-state index is 0.336. The smallest absolute Gasteiger partial charge is 0.323 e. The molecule has 0 saturated carbocycles. The summed E-state index contributed by atoms with van der Waals surface area (Å²) in [5.74, 6) is -0.373. The molecule has 0 fully saturated rings. The van der Waals surface area contributed by atoms with Crippen molar-refractivity contribution < 1.29 is 19.4 Å². The molecule has 1 rings (SSSR count). The van der Waals surface area contributed by atoms with E-state index in [9.17, 15) is 9.59 Å². The molecule has 0 radical (unpaired) electrons. The molecule has 0 aromatic heterocycles. The fraction of sp³-hybridized carbons (Fsp3) is 0.500. The van der Waals surface area contributed by atoms with Crippen LogP contribution in [0.2, 0.25) is 0 Å². The van der Waals surface area contributed by atoms with Gasteiger partial charge in [0.05, 0.1) is 0 Å². The van der Waals surface area contributed by atoms with Gasteiger partial charge in [-0.05, 0) is 37.0 Å². The first-order chi connectivity index (χ1) is 9.72. The van der Waals surface area contributed by atoms with E-state index < -0.39 is 12.1 Å². The third kappa shape index (κ3) is 4.77. The lowest BCUT2D eigenvalue weighted by Crippen LogP contribution is -2.40. The quantitative estimate of drug-likeness (QED) is 0.874. The molecule has 1 amide bonds. The van der Waals surface area contributed by atoms with Gasteiger partial charge < -0.3 is 14.7 Å². The fourth-order valence-electron chi connectivity index (χ4n) is 1.93. The van der Waals surface area contributed by atoms with E-state index in [1.807, 2.05) is 25.1 Å². The Bertz CT molecular complexity index is 525. The molecule has 1 aromatic carbocycles. The van der Waals surface area contributed by atoms with Gasteiger partial charge in [-0.15, -0.1) is 0 Å². The Morgan fingerprint density at radius 1 is 1.29 bits per heavy atom. The van der Waals surface area contributed by atoms with Crippen LogP contribution in [-0.4, -0.2) is 41.6 Å². The molecule has 0 aliphatic heterocycles. The van der Waals surface area contributed by atoms with E-state index in [0.717, 1.165) is 16.0 Å². The predicted octanol–water partition coefficient (Wildman–Crippen LogP) is 2.43. The molecule has 0 aliphatic carbocycles. The number of benzene rings is 1. The van der Waals surface area contributed by atoms with Gasteiger partial charge >= 0.3 is 5.97 Å². The summed E-state index contributed by atoms with van der Waals surface area (Å²) < 4.78 is 5.72. The van der Waals surface area contributed by atoms with Crippen molar-refractivity contribution in [2.45, 2.75) is 39.7 Å². The molecule has 0 bridgehead atoms. The molecule has 1 aromatic rings. The summed E-state index contributed by atoms with van der Waals surface area (Å²) in [6.07, 6.45) is -0.726. The second-order valence-corrected chi connectivity index (χ2v) is 5.53. The van der Waals surface area contributed by atoms with E-state index >= 15 is 0 Å². The predicted molar refractivity (Wildman–Crippen MR) is 80.6 cm³/mol. The Kier molecular flexibility index (Phi) is 5.76. The van der Waals surface area contributed by atoms with Crippen molar-refractivity contribution in [3.8, 4) is 5.75 Å². The number of hydrogen-bond acceptors (Lipinski definition) is 3. The standard InChI is InChI=1S/C16H23NO4/c1-10(2)13-7-6-11(3)14(8-13)21-12(4)16(20)17(5)9-15(18)19/h6-8,10,12H,9H2,1-5H3,(H,18,19). The molecule has 5 heteroatoms. The molecule has 5 nitrogen and oxygen atoms in total. The van der Waals surface area contributed by atoms with E-state index in [1.165, 1.54) is 7.05 Å². The number of aryl methyl sites for hydroxylation is 1. The number of carboxylic acid groups (broad SMARTS) is 1. The normalized spacial score (nSPS) is 12.1. The zero-order valence-corrected chi connectivity index (χ0v) is 13.2. The van der Waals surface area contributed by atoms with Gasteiger partial charge in [0.15, 0.2) is 6.10 Å². The van der Waals surface area contributed by atoms with Crippen molar-refractivity contribution >= 4 is 11.9 Å². The summed E-state index contributed by atoms with van der Waals surface area (Å²) in [5, 5.41) is 8.71. The lowest BCUT2D eigenvalue weighted by Gasteiger charge is -2.22. The third-order valence-corrected chi connectivity index (χ3v) is 3.28. The number of carbonyl (C=O) groups is 2. The van der Waals surface area contributed by atoms with Gasteiger partial charge in [-0.2, -0.15) is 0 Å². The highest BCUT2D eigenvalue weighted by Gasteiger charge is 2.21. The molecule has 0 spiro atoms. The average molecular weight is 293 g/mol. The monoisotopic (exact) mass is 293 g/mol. The minimum atomic E-state index is -1.05. The van der Waals surface area contributed by atoms with Crippen LogP contribution in [0.3, 0.4) is 0 Å². The van der Waals surface area contributed by atoms with Gasteiger partial charge in [-0.3, -0.25) is 9.59 Å². The maximum absolute atomic E-state index is 12.1. The molecule has 1 unspecified atom stereocenters. The highest BCUT2D eigenvalue weighted by atomic mass is 16.5. The van der Waals surface area contributed by atoms with E-state index in [2.05, 4.69) is 13.8 Å². The van der Waals surface area contributed by atoms with Crippen molar-refractivity contribution in [3.63, 3.8) is 0 Å². The summed E-state index contributed by atoms with van der Waals surface area (Å²) in [6, 6.07) is 5.93. The van der Waals surface area contributed by atoms with Gasteiger partial charge in [0.2, 0.25) is 0 Å². The van der Waals surface area contributed by atoms with Crippen molar-refractivity contribution in [1.82, 2.24) is 4.90 Å². The van der Waals surface area contributed by atoms with Crippen LogP contribution in [0.25, 0.3) is 0 Å². The zero-order chi connectivity index (χ0) is 16.2. The maximum atomic E-state index is 12.1. The molecular formula is C16H23NO4. The third-order valence-electron chi connectivity index (χ3n) is 3.28. The lowest BCUT2D eigenvalue weighted by atomic mass is 10.0. The lowest BCUT2D eigenvalue weighted by molar-refractivity contribution is -0.146. The van der Waals surface area contributed by atoms with Crippen molar-refractivity contribution in [2.24, 2.45) is 0 Å². The Morgan fingerprint density at radius 3 is 2.43 bits per heavy atom. The number of likely N-dealkylation sites (N-methyl/N-ethyl adjacent to an activating group) is 1. The van der Waals surface area contributed by atoms with Crippen molar-refractivity contribution in [2.75, 3.05) is 13.6 Å². The molecular weight excluding hydrogens is 270 g/mol.